The second-order valence-corrected chi connectivity index (χ2v) is 5.37. The first-order valence-electron chi connectivity index (χ1n) is 5.89. The van der Waals surface area contributed by atoms with Gasteiger partial charge in [0.1, 0.15) is 5.75 Å². The van der Waals surface area contributed by atoms with Gasteiger partial charge in [-0.1, -0.05) is 11.6 Å². The molecule has 0 bridgehead atoms. The Hall–Kier alpha value is -2.03. The van der Waals surface area contributed by atoms with Crippen LogP contribution in [0.1, 0.15) is 15.9 Å². The number of ether oxygens (including phenoxy) is 1. The number of hydrogen-bond donors (Lipinski definition) is 1. The Bertz CT molecular complexity index is 741. The van der Waals surface area contributed by atoms with E-state index >= 15 is 0 Å². The normalized spacial score (nSPS) is 9.81. The Balaban J connectivity index is 2.22. The van der Waals surface area contributed by atoms with E-state index < -0.39 is 0 Å². The fourth-order valence-corrected chi connectivity index (χ4v) is 2.46. The van der Waals surface area contributed by atoms with Crippen molar-refractivity contribution in [1.82, 2.24) is 0 Å². The second kappa shape index (κ2) is 6.61. The standard InChI is InChI=1S/C15H10BrClN2O2/c1-21-14-5-3-10(7-11(14)16)15(20)19-13-4-2-9(8-18)6-12(13)17/h2-7H,1H3,(H,19,20). The molecule has 0 radical (unpaired) electrons. The van der Waals surface area contributed by atoms with E-state index in [-0.39, 0.29) is 5.91 Å². The molecule has 0 aliphatic heterocycles. The third-order valence-corrected chi connectivity index (χ3v) is 3.69. The Morgan fingerprint density at radius 1 is 1.33 bits per heavy atom. The Labute approximate surface area is 135 Å². The highest BCUT2D eigenvalue weighted by atomic mass is 79.9. The number of benzene rings is 2. The van der Waals surface area contributed by atoms with Gasteiger partial charge in [0.25, 0.3) is 5.91 Å². The largest absolute Gasteiger partial charge is 0.496 e. The summed E-state index contributed by atoms with van der Waals surface area (Å²) in [4.78, 5) is 12.2. The van der Waals surface area contributed by atoms with Gasteiger partial charge in [-0.25, -0.2) is 0 Å². The molecule has 6 heteroatoms. The maximum atomic E-state index is 12.2. The number of nitrogens with zero attached hydrogens (tertiary/aromatic N) is 1. The number of amides is 1. The number of rotatable bonds is 3. The molecule has 0 unspecified atom stereocenters. The third kappa shape index (κ3) is 3.54. The molecule has 21 heavy (non-hydrogen) atoms. The summed E-state index contributed by atoms with van der Waals surface area (Å²) < 4.78 is 5.80. The molecule has 0 fully saturated rings. The third-order valence-electron chi connectivity index (χ3n) is 2.76. The monoisotopic (exact) mass is 364 g/mol. The van der Waals surface area contributed by atoms with Crippen LogP contribution < -0.4 is 10.1 Å². The smallest absolute Gasteiger partial charge is 0.255 e. The molecular formula is C15H10BrClN2O2. The van der Waals surface area contributed by atoms with E-state index in [2.05, 4.69) is 21.2 Å². The molecule has 2 aromatic carbocycles. The average molecular weight is 366 g/mol. The van der Waals surface area contributed by atoms with E-state index in [0.29, 0.717) is 32.1 Å². The molecule has 0 heterocycles. The highest BCUT2D eigenvalue weighted by Gasteiger charge is 2.11. The minimum atomic E-state index is -0.301. The second-order valence-electron chi connectivity index (χ2n) is 4.11. The van der Waals surface area contributed by atoms with E-state index in [0.717, 1.165) is 0 Å². The zero-order chi connectivity index (χ0) is 15.4. The molecule has 106 valence electrons. The number of methoxy groups -OCH3 is 1. The van der Waals surface area contributed by atoms with E-state index in [4.69, 9.17) is 21.6 Å². The van der Waals surface area contributed by atoms with Crippen molar-refractivity contribution in [3.05, 3.63) is 57.0 Å². The lowest BCUT2D eigenvalue weighted by atomic mass is 10.2. The van der Waals surface area contributed by atoms with Crippen LogP contribution in [0.2, 0.25) is 5.02 Å². The van der Waals surface area contributed by atoms with Gasteiger partial charge < -0.3 is 10.1 Å². The minimum absolute atomic E-state index is 0.301. The van der Waals surface area contributed by atoms with E-state index in [1.807, 2.05) is 6.07 Å². The van der Waals surface area contributed by atoms with Crippen LogP contribution in [0.4, 0.5) is 5.69 Å². The summed E-state index contributed by atoms with van der Waals surface area (Å²) >= 11 is 9.35. The van der Waals surface area contributed by atoms with Gasteiger partial charge in [0, 0.05) is 5.56 Å². The average Bonchev–Trinajstić information content (AvgIpc) is 2.49. The molecule has 0 saturated carbocycles. The van der Waals surface area contributed by atoms with E-state index in [9.17, 15) is 4.79 Å². The molecule has 4 nitrogen and oxygen atoms in total. The lowest BCUT2D eigenvalue weighted by Gasteiger charge is -2.09. The first kappa shape index (κ1) is 15.4. The summed E-state index contributed by atoms with van der Waals surface area (Å²) in [6, 6.07) is 11.7. The van der Waals surface area contributed by atoms with Gasteiger partial charge in [-0.3, -0.25) is 4.79 Å². The van der Waals surface area contributed by atoms with Crippen LogP contribution in [-0.2, 0) is 0 Å². The van der Waals surface area contributed by atoms with Crippen LogP contribution in [0.3, 0.4) is 0 Å². The van der Waals surface area contributed by atoms with Crippen molar-refractivity contribution in [2.24, 2.45) is 0 Å². The number of nitrogens with one attached hydrogen (secondary N) is 1. The highest BCUT2D eigenvalue weighted by Crippen LogP contribution is 2.27. The molecule has 2 aromatic rings. The van der Waals surface area contributed by atoms with Crippen molar-refractivity contribution in [1.29, 1.82) is 5.26 Å². The van der Waals surface area contributed by atoms with Crippen molar-refractivity contribution in [2.45, 2.75) is 0 Å². The van der Waals surface area contributed by atoms with Crippen molar-refractivity contribution < 1.29 is 9.53 Å². The van der Waals surface area contributed by atoms with Gasteiger partial charge in [-0.15, -0.1) is 0 Å². The zero-order valence-corrected chi connectivity index (χ0v) is 13.3. The van der Waals surface area contributed by atoms with E-state index in [1.165, 1.54) is 6.07 Å². The predicted octanol–water partition coefficient (Wildman–Crippen LogP) is 4.24. The molecular weight excluding hydrogens is 356 g/mol. The Morgan fingerprint density at radius 2 is 2.10 bits per heavy atom. The number of anilines is 1. The van der Waals surface area contributed by atoms with Crippen LogP contribution in [0.25, 0.3) is 0 Å². The van der Waals surface area contributed by atoms with Gasteiger partial charge in [0.15, 0.2) is 0 Å². The maximum Gasteiger partial charge on any atom is 0.255 e. The van der Waals surface area contributed by atoms with Crippen LogP contribution in [0.15, 0.2) is 40.9 Å². The van der Waals surface area contributed by atoms with Gasteiger partial charge in [-0.05, 0) is 52.3 Å². The van der Waals surface area contributed by atoms with Gasteiger partial charge >= 0.3 is 0 Å². The molecule has 1 N–H and O–H groups in total. The quantitative estimate of drug-likeness (QED) is 0.885. The molecule has 1 amide bonds. The summed E-state index contributed by atoms with van der Waals surface area (Å²) in [7, 11) is 1.55. The lowest BCUT2D eigenvalue weighted by molar-refractivity contribution is 0.102. The van der Waals surface area contributed by atoms with Crippen molar-refractivity contribution in [2.75, 3.05) is 12.4 Å². The molecule has 0 saturated heterocycles. The fraction of sp³-hybridized carbons (Fsp3) is 0.0667. The lowest BCUT2D eigenvalue weighted by Crippen LogP contribution is -2.12. The van der Waals surface area contributed by atoms with Crippen LogP contribution >= 0.6 is 27.5 Å². The zero-order valence-electron chi connectivity index (χ0n) is 11.0. The molecule has 0 spiro atoms. The Kier molecular flexibility index (Phi) is 4.84. The van der Waals surface area contributed by atoms with Crippen LogP contribution in [0, 0.1) is 11.3 Å². The number of halogens is 2. The summed E-state index contributed by atoms with van der Waals surface area (Å²) in [5.41, 5.74) is 1.35. The topological polar surface area (TPSA) is 62.1 Å². The summed E-state index contributed by atoms with van der Waals surface area (Å²) in [6.07, 6.45) is 0. The van der Waals surface area contributed by atoms with Gasteiger partial charge in [-0.2, -0.15) is 5.26 Å². The molecule has 0 aromatic heterocycles. The van der Waals surface area contributed by atoms with E-state index in [1.54, 1.807) is 37.4 Å². The molecule has 2 rings (SSSR count). The first-order chi connectivity index (χ1) is 10.0. The summed E-state index contributed by atoms with van der Waals surface area (Å²) in [5.74, 6) is 0.341. The summed E-state index contributed by atoms with van der Waals surface area (Å²) in [5, 5.41) is 11.8. The summed E-state index contributed by atoms with van der Waals surface area (Å²) in [6.45, 7) is 0. The van der Waals surface area contributed by atoms with Gasteiger partial charge in [0.05, 0.1) is 33.9 Å². The van der Waals surface area contributed by atoms with Gasteiger partial charge in [0.2, 0.25) is 0 Å². The number of nitriles is 1. The maximum absolute atomic E-state index is 12.2. The first-order valence-corrected chi connectivity index (χ1v) is 7.07. The number of carbonyl (C=O) groups excluding carboxylic acids is 1. The Morgan fingerprint density at radius 3 is 2.67 bits per heavy atom. The van der Waals surface area contributed by atoms with Crippen molar-refractivity contribution in [3.63, 3.8) is 0 Å². The minimum Gasteiger partial charge on any atom is -0.496 e. The number of hydrogen-bond acceptors (Lipinski definition) is 3. The molecule has 0 atom stereocenters. The van der Waals surface area contributed by atoms with Crippen LogP contribution in [-0.4, -0.2) is 13.0 Å². The van der Waals surface area contributed by atoms with Crippen molar-refractivity contribution in [3.8, 4) is 11.8 Å². The molecule has 0 aliphatic carbocycles. The fourth-order valence-electron chi connectivity index (χ4n) is 1.69. The van der Waals surface area contributed by atoms with Crippen molar-refractivity contribution >= 4 is 39.1 Å². The predicted molar refractivity (Wildman–Crippen MR) is 84.8 cm³/mol. The number of carbonyl (C=O) groups is 1. The SMILES string of the molecule is COc1ccc(C(=O)Nc2ccc(C#N)cc2Cl)cc1Br. The highest BCUT2D eigenvalue weighted by molar-refractivity contribution is 9.10. The molecule has 0 aliphatic rings. The van der Waals surface area contributed by atoms with Crippen LogP contribution in [0.5, 0.6) is 5.75 Å².